The number of fused-ring (bicyclic) bond motifs is 1. The van der Waals surface area contributed by atoms with Crippen molar-refractivity contribution in [1.29, 1.82) is 0 Å². The van der Waals surface area contributed by atoms with Crippen molar-refractivity contribution in [3.63, 3.8) is 0 Å². The Morgan fingerprint density at radius 1 is 1.10 bits per heavy atom. The molecule has 0 saturated carbocycles. The third-order valence-electron chi connectivity index (χ3n) is 3.37. The summed E-state index contributed by atoms with van der Waals surface area (Å²) in [5.74, 6) is -0.175. The molecule has 0 fully saturated rings. The molecular formula is C17H16N2O2. The summed E-state index contributed by atoms with van der Waals surface area (Å²) in [6.45, 7) is 0.618. The third-order valence-corrected chi connectivity index (χ3v) is 3.37. The fourth-order valence-corrected chi connectivity index (χ4v) is 2.27. The van der Waals surface area contributed by atoms with Crippen LogP contribution in [0.3, 0.4) is 0 Å². The second kappa shape index (κ2) is 5.81. The smallest absolute Gasteiger partial charge is 0.259 e. The van der Waals surface area contributed by atoms with Crippen molar-refractivity contribution in [1.82, 2.24) is 0 Å². The van der Waals surface area contributed by atoms with Crippen LogP contribution in [0.5, 0.6) is 0 Å². The predicted molar refractivity (Wildman–Crippen MR) is 83.4 cm³/mol. The van der Waals surface area contributed by atoms with Crippen molar-refractivity contribution in [3.8, 4) is 0 Å². The number of amides is 1. The van der Waals surface area contributed by atoms with Crippen molar-refractivity contribution >= 4 is 22.6 Å². The number of carbonyl (C=O) groups is 1. The Labute approximate surface area is 122 Å². The summed E-state index contributed by atoms with van der Waals surface area (Å²) in [6, 6.07) is 15.2. The van der Waals surface area contributed by atoms with Gasteiger partial charge < -0.3 is 15.5 Å². The highest BCUT2D eigenvalue weighted by molar-refractivity contribution is 6.12. The van der Waals surface area contributed by atoms with E-state index >= 15 is 0 Å². The van der Waals surface area contributed by atoms with E-state index in [2.05, 4.69) is 5.32 Å². The molecular weight excluding hydrogens is 264 g/mol. The molecule has 0 spiro atoms. The van der Waals surface area contributed by atoms with Gasteiger partial charge in [0.25, 0.3) is 5.91 Å². The van der Waals surface area contributed by atoms with Crippen molar-refractivity contribution in [2.24, 2.45) is 5.73 Å². The van der Waals surface area contributed by atoms with E-state index in [1.807, 2.05) is 48.5 Å². The van der Waals surface area contributed by atoms with Gasteiger partial charge in [0.1, 0.15) is 11.8 Å². The number of nitrogens with one attached hydrogen (secondary N) is 1. The number of rotatable bonds is 4. The van der Waals surface area contributed by atoms with Gasteiger partial charge in [0.2, 0.25) is 0 Å². The highest BCUT2D eigenvalue weighted by Gasteiger charge is 2.13. The summed E-state index contributed by atoms with van der Waals surface area (Å²) in [5.41, 5.74) is 8.68. The summed E-state index contributed by atoms with van der Waals surface area (Å²) in [7, 11) is 0. The molecule has 3 rings (SSSR count). The Kier molecular flexibility index (Phi) is 3.71. The maximum Gasteiger partial charge on any atom is 0.259 e. The van der Waals surface area contributed by atoms with Crippen LogP contribution in [0.2, 0.25) is 0 Å². The molecule has 0 unspecified atom stereocenters. The highest BCUT2D eigenvalue weighted by Crippen LogP contribution is 2.22. The Hall–Kier alpha value is -2.59. The molecule has 0 aliphatic carbocycles. The van der Waals surface area contributed by atoms with E-state index in [4.69, 9.17) is 10.2 Å². The van der Waals surface area contributed by atoms with Gasteiger partial charge in [-0.05, 0) is 36.7 Å². The van der Waals surface area contributed by atoms with Gasteiger partial charge in [-0.3, -0.25) is 4.79 Å². The van der Waals surface area contributed by atoms with Gasteiger partial charge in [-0.2, -0.15) is 0 Å². The van der Waals surface area contributed by atoms with Crippen molar-refractivity contribution in [2.45, 2.75) is 6.42 Å². The summed E-state index contributed by atoms with van der Waals surface area (Å²) in [5, 5.41) is 3.69. The highest BCUT2D eigenvalue weighted by atomic mass is 16.3. The molecule has 0 aliphatic rings. The Balaban J connectivity index is 1.79. The lowest BCUT2D eigenvalue weighted by atomic mass is 10.1. The molecule has 3 aromatic rings. The topological polar surface area (TPSA) is 68.3 Å². The lowest BCUT2D eigenvalue weighted by molar-refractivity contribution is 0.102. The zero-order valence-electron chi connectivity index (χ0n) is 11.5. The number of anilines is 1. The number of para-hydroxylation sites is 1. The van der Waals surface area contributed by atoms with Crippen molar-refractivity contribution in [3.05, 3.63) is 65.9 Å². The quantitative estimate of drug-likeness (QED) is 0.771. The van der Waals surface area contributed by atoms with Crippen LogP contribution in [0.25, 0.3) is 11.0 Å². The van der Waals surface area contributed by atoms with Gasteiger partial charge >= 0.3 is 0 Å². The van der Waals surface area contributed by atoms with Crippen molar-refractivity contribution < 1.29 is 9.21 Å². The van der Waals surface area contributed by atoms with Crippen molar-refractivity contribution in [2.75, 3.05) is 11.9 Å². The van der Waals surface area contributed by atoms with Crippen LogP contribution in [0.15, 0.2) is 59.2 Å². The molecule has 1 aromatic heterocycles. The van der Waals surface area contributed by atoms with Gasteiger partial charge in [-0.25, -0.2) is 0 Å². The summed E-state index contributed by atoms with van der Waals surface area (Å²) in [4.78, 5) is 12.3. The van der Waals surface area contributed by atoms with Crippen LogP contribution in [0.4, 0.5) is 5.69 Å². The van der Waals surface area contributed by atoms with Crippen LogP contribution in [0, 0.1) is 0 Å². The molecule has 3 N–H and O–H groups in total. The van der Waals surface area contributed by atoms with E-state index in [-0.39, 0.29) is 5.91 Å². The SMILES string of the molecule is NCCc1ccc(NC(=O)c2coc3ccccc23)cc1. The minimum absolute atomic E-state index is 0.175. The first-order valence-corrected chi connectivity index (χ1v) is 6.84. The molecule has 1 heterocycles. The number of carbonyl (C=O) groups excluding carboxylic acids is 1. The van der Waals surface area contributed by atoms with Gasteiger partial charge in [0.05, 0.1) is 5.56 Å². The molecule has 0 bridgehead atoms. The monoisotopic (exact) mass is 280 g/mol. The largest absolute Gasteiger partial charge is 0.463 e. The van der Waals surface area contributed by atoms with Crippen LogP contribution in [-0.4, -0.2) is 12.5 Å². The average molecular weight is 280 g/mol. The van der Waals surface area contributed by atoms with E-state index in [1.165, 1.54) is 6.26 Å². The number of benzene rings is 2. The fraction of sp³-hybridized carbons (Fsp3) is 0.118. The van der Waals surface area contributed by atoms with Gasteiger partial charge in [-0.1, -0.05) is 30.3 Å². The van der Waals surface area contributed by atoms with Crippen LogP contribution < -0.4 is 11.1 Å². The second-order valence-corrected chi connectivity index (χ2v) is 4.84. The first-order valence-electron chi connectivity index (χ1n) is 6.84. The van der Waals surface area contributed by atoms with Crippen LogP contribution in [-0.2, 0) is 6.42 Å². The molecule has 21 heavy (non-hydrogen) atoms. The Morgan fingerprint density at radius 2 is 1.86 bits per heavy atom. The summed E-state index contributed by atoms with van der Waals surface area (Å²) in [6.07, 6.45) is 2.32. The standard InChI is InChI=1S/C17H16N2O2/c18-10-9-12-5-7-13(8-6-12)19-17(20)15-11-21-16-4-2-1-3-14(15)16/h1-8,11H,9-10,18H2,(H,19,20). The molecule has 0 radical (unpaired) electrons. The van der Waals surface area contributed by atoms with E-state index < -0.39 is 0 Å². The van der Waals surface area contributed by atoms with E-state index in [0.29, 0.717) is 17.7 Å². The minimum Gasteiger partial charge on any atom is -0.463 e. The lowest BCUT2D eigenvalue weighted by Gasteiger charge is -2.05. The number of nitrogens with two attached hydrogens (primary N) is 1. The maximum absolute atomic E-state index is 12.3. The molecule has 2 aromatic carbocycles. The molecule has 0 aliphatic heterocycles. The average Bonchev–Trinajstić information content (AvgIpc) is 2.93. The zero-order chi connectivity index (χ0) is 14.7. The molecule has 0 atom stereocenters. The fourth-order valence-electron chi connectivity index (χ4n) is 2.27. The summed E-state index contributed by atoms with van der Waals surface area (Å²) < 4.78 is 5.38. The van der Waals surface area contributed by atoms with E-state index in [0.717, 1.165) is 23.1 Å². The molecule has 4 heteroatoms. The molecule has 1 amide bonds. The van der Waals surface area contributed by atoms with Gasteiger partial charge in [-0.15, -0.1) is 0 Å². The van der Waals surface area contributed by atoms with Gasteiger partial charge in [0.15, 0.2) is 0 Å². The van der Waals surface area contributed by atoms with E-state index in [9.17, 15) is 4.79 Å². The minimum atomic E-state index is -0.175. The Morgan fingerprint density at radius 3 is 2.62 bits per heavy atom. The zero-order valence-corrected chi connectivity index (χ0v) is 11.5. The van der Waals surface area contributed by atoms with Crippen LogP contribution >= 0.6 is 0 Å². The van der Waals surface area contributed by atoms with Crippen LogP contribution in [0.1, 0.15) is 15.9 Å². The second-order valence-electron chi connectivity index (χ2n) is 4.84. The van der Waals surface area contributed by atoms with E-state index in [1.54, 1.807) is 0 Å². The number of furan rings is 1. The Bertz CT molecular complexity index is 760. The molecule has 4 nitrogen and oxygen atoms in total. The number of hydrogen-bond acceptors (Lipinski definition) is 3. The maximum atomic E-state index is 12.3. The first kappa shape index (κ1) is 13.4. The first-order chi connectivity index (χ1) is 10.3. The lowest BCUT2D eigenvalue weighted by Crippen LogP contribution is -2.11. The third kappa shape index (κ3) is 2.80. The van der Waals surface area contributed by atoms with Gasteiger partial charge in [0, 0.05) is 11.1 Å². The predicted octanol–water partition coefficient (Wildman–Crippen LogP) is 3.19. The summed E-state index contributed by atoms with van der Waals surface area (Å²) >= 11 is 0. The molecule has 106 valence electrons. The molecule has 0 saturated heterocycles. The normalized spacial score (nSPS) is 10.7. The number of hydrogen-bond donors (Lipinski definition) is 2.